The number of nitrogens with one attached hydrogen (secondary N) is 1. The van der Waals surface area contributed by atoms with Gasteiger partial charge in [0.1, 0.15) is 11.8 Å². The number of hydrogen-bond acceptors (Lipinski definition) is 6. The second-order valence-electron chi connectivity index (χ2n) is 5.61. The molecule has 1 fully saturated rings. The Labute approximate surface area is 153 Å². The summed E-state index contributed by atoms with van der Waals surface area (Å²) in [7, 11) is 0. The van der Waals surface area contributed by atoms with E-state index in [1.807, 2.05) is 0 Å². The number of hydrogen-bond donors (Lipinski definition) is 1. The summed E-state index contributed by atoms with van der Waals surface area (Å²) in [5.74, 6) is -0.394. The second kappa shape index (κ2) is 7.62. The zero-order valence-electron chi connectivity index (χ0n) is 13.5. The van der Waals surface area contributed by atoms with E-state index in [9.17, 15) is 26.7 Å². The maximum absolute atomic E-state index is 12.6. The van der Waals surface area contributed by atoms with E-state index < -0.39 is 23.8 Å². The standard InChI is InChI=1S/C15H13F5N4O2S/c16-13(17)26-9-5-3-8(4-6-9)24-7-1-2-10(11(24)25)21-14-23-22-12(27-14)15(18,19)20/h3-6,10,13H,1-2,7H2,(H,21,23). The first kappa shape index (κ1) is 19.3. The number of carbonyl (C=O) groups excluding carboxylic acids is 1. The quantitative estimate of drug-likeness (QED) is 0.763. The van der Waals surface area contributed by atoms with E-state index in [0.29, 0.717) is 36.4 Å². The molecule has 1 aromatic carbocycles. The zero-order chi connectivity index (χ0) is 19.6. The lowest BCUT2D eigenvalue weighted by Gasteiger charge is -2.32. The molecule has 2 heterocycles. The highest BCUT2D eigenvalue weighted by Gasteiger charge is 2.36. The van der Waals surface area contributed by atoms with Gasteiger partial charge in [0, 0.05) is 12.2 Å². The van der Waals surface area contributed by atoms with E-state index >= 15 is 0 Å². The Kier molecular flexibility index (Phi) is 5.44. The summed E-state index contributed by atoms with van der Waals surface area (Å²) >= 11 is 0.324. The average molecular weight is 408 g/mol. The lowest BCUT2D eigenvalue weighted by molar-refractivity contribution is -0.138. The van der Waals surface area contributed by atoms with Crippen molar-refractivity contribution in [1.82, 2.24) is 10.2 Å². The summed E-state index contributed by atoms with van der Waals surface area (Å²) in [6, 6.07) is 4.79. The molecule has 0 aliphatic carbocycles. The van der Waals surface area contributed by atoms with Crippen molar-refractivity contribution in [1.29, 1.82) is 0 Å². The van der Waals surface area contributed by atoms with Gasteiger partial charge in [-0.05, 0) is 37.1 Å². The molecule has 6 nitrogen and oxygen atoms in total. The predicted molar refractivity (Wildman–Crippen MR) is 87.0 cm³/mol. The number of anilines is 2. The van der Waals surface area contributed by atoms with Gasteiger partial charge in [0.15, 0.2) is 0 Å². The fraction of sp³-hybridized carbons (Fsp3) is 0.400. The number of nitrogens with zero attached hydrogens (tertiary/aromatic N) is 3. The highest BCUT2D eigenvalue weighted by Crippen LogP contribution is 2.34. The van der Waals surface area contributed by atoms with Crippen LogP contribution in [0.2, 0.25) is 0 Å². The molecule has 3 rings (SSSR count). The van der Waals surface area contributed by atoms with Crippen LogP contribution < -0.4 is 15.0 Å². The van der Waals surface area contributed by atoms with Gasteiger partial charge in [-0.3, -0.25) is 4.79 Å². The maximum atomic E-state index is 12.6. The Bertz CT molecular complexity index is 796. The van der Waals surface area contributed by atoms with Gasteiger partial charge in [-0.2, -0.15) is 22.0 Å². The van der Waals surface area contributed by atoms with Crippen LogP contribution in [0.25, 0.3) is 0 Å². The molecule has 0 bridgehead atoms. The lowest BCUT2D eigenvalue weighted by atomic mass is 10.0. The van der Waals surface area contributed by atoms with E-state index in [-0.39, 0.29) is 16.8 Å². The fourth-order valence-corrected chi connectivity index (χ4v) is 3.28. The molecule has 146 valence electrons. The number of amides is 1. The first-order chi connectivity index (χ1) is 12.7. The van der Waals surface area contributed by atoms with Crippen molar-refractivity contribution in [3.63, 3.8) is 0 Å². The van der Waals surface area contributed by atoms with Crippen molar-refractivity contribution in [2.75, 3.05) is 16.8 Å². The molecule has 1 unspecified atom stereocenters. The van der Waals surface area contributed by atoms with Crippen LogP contribution in [0.5, 0.6) is 5.75 Å². The number of rotatable bonds is 5. The van der Waals surface area contributed by atoms with Crippen LogP contribution in [0.4, 0.5) is 32.8 Å². The third-order valence-electron chi connectivity index (χ3n) is 3.78. The van der Waals surface area contributed by atoms with Crippen LogP contribution in [-0.2, 0) is 11.0 Å². The number of halogens is 5. The first-order valence-corrected chi connectivity index (χ1v) is 8.59. The van der Waals surface area contributed by atoms with E-state index in [4.69, 9.17) is 0 Å². The van der Waals surface area contributed by atoms with Gasteiger partial charge in [-0.1, -0.05) is 11.3 Å². The minimum atomic E-state index is -4.59. The molecule has 27 heavy (non-hydrogen) atoms. The van der Waals surface area contributed by atoms with Gasteiger partial charge >= 0.3 is 12.8 Å². The van der Waals surface area contributed by atoms with Crippen LogP contribution in [0, 0.1) is 0 Å². The minimum Gasteiger partial charge on any atom is -0.435 e. The van der Waals surface area contributed by atoms with Crippen LogP contribution in [0.15, 0.2) is 24.3 Å². The molecule has 2 aromatic rings. The van der Waals surface area contributed by atoms with Gasteiger partial charge in [-0.15, -0.1) is 10.2 Å². The third-order valence-corrected chi connectivity index (χ3v) is 4.68. The number of alkyl halides is 5. The summed E-state index contributed by atoms with van der Waals surface area (Å²) in [5.41, 5.74) is 0.473. The van der Waals surface area contributed by atoms with Crippen LogP contribution in [-0.4, -0.2) is 35.3 Å². The van der Waals surface area contributed by atoms with Crippen molar-refractivity contribution in [2.45, 2.75) is 31.7 Å². The highest BCUT2D eigenvalue weighted by atomic mass is 32.1. The molecule has 1 saturated heterocycles. The first-order valence-electron chi connectivity index (χ1n) is 7.77. The summed E-state index contributed by atoms with van der Waals surface area (Å²) < 4.78 is 66.4. The second-order valence-corrected chi connectivity index (χ2v) is 6.59. The Hall–Kier alpha value is -2.50. The van der Waals surface area contributed by atoms with Crippen molar-refractivity contribution in [3.8, 4) is 5.75 Å². The number of piperidine rings is 1. The number of carbonyl (C=O) groups is 1. The number of aromatic nitrogens is 2. The van der Waals surface area contributed by atoms with E-state index in [1.165, 1.54) is 29.2 Å². The summed E-state index contributed by atoms with van der Waals surface area (Å²) in [4.78, 5) is 14.1. The molecule has 0 radical (unpaired) electrons. The van der Waals surface area contributed by atoms with Gasteiger partial charge in [0.25, 0.3) is 0 Å². The Morgan fingerprint density at radius 1 is 1.22 bits per heavy atom. The molecular formula is C15H13F5N4O2S. The van der Waals surface area contributed by atoms with Gasteiger partial charge in [0.2, 0.25) is 16.0 Å². The molecule has 1 aromatic heterocycles. The van der Waals surface area contributed by atoms with Crippen molar-refractivity contribution >= 4 is 28.1 Å². The zero-order valence-corrected chi connectivity index (χ0v) is 14.4. The van der Waals surface area contributed by atoms with E-state index in [2.05, 4.69) is 20.3 Å². The SMILES string of the molecule is O=C1C(Nc2nnc(C(F)(F)F)s2)CCCN1c1ccc(OC(F)F)cc1. The van der Waals surface area contributed by atoms with Crippen LogP contribution in [0.1, 0.15) is 17.8 Å². The van der Waals surface area contributed by atoms with Crippen molar-refractivity contribution < 1.29 is 31.5 Å². The predicted octanol–water partition coefficient (Wildman–Crippen LogP) is 3.77. The Balaban J connectivity index is 1.69. The maximum Gasteiger partial charge on any atom is 0.445 e. The van der Waals surface area contributed by atoms with Crippen LogP contribution >= 0.6 is 11.3 Å². The van der Waals surface area contributed by atoms with Crippen LogP contribution in [0.3, 0.4) is 0 Å². The van der Waals surface area contributed by atoms with E-state index in [0.717, 1.165) is 0 Å². The summed E-state index contributed by atoms with van der Waals surface area (Å²) in [5, 5.41) is 8.00. The largest absolute Gasteiger partial charge is 0.445 e. The summed E-state index contributed by atoms with van der Waals surface area (Å²) in [6.45, 7) is -2.55. The smallest absolute Gasteiger partial charge is 0.435 e. The lowest BCUT2D eigenvalue weighted by Crippen LogP contribution is -2.47. The Morgan fingerprint density at radius 2 is 1.93 bits per heavy atom. The third kappa shape index (κ3) is 4.62. The van der Waals surface area contributed by atoms with Gasteiger partial charge in [-0.25, -0.2) is 0 Å². The molecule has 0 spiro atoms. The molecular weight excluding hydrogens is 395 g/mol. The van der Waals surface area contributed by atoms with Crippen molar-refractivity contribution in [3.05, 3.63) is 29.3 Å². The Morgan fingerprint density at radius 3 is 2.52 bits per heavy atom. The average Bonchev–Trinajstić information content (AvgIpc) is 3.06. The molecule has 12 heteroatoms. The number of ether oxygens (including phenoxy) is 1. The molecule has 1 N–H and O–H groups in total. The van der Waals surface area contributed by atoms with Crippen molar-refractivity contribution in [2.24, 2.45) is 0 Å². The highest BCUT2D eigenvalue weighted by molar-refractivity contribution is 7.15. The minimum absolute atomic E-state index is 0.0403. The molecule has 1 atom stereocenters. The molecule has 1 aliphatic heterocycles. The monoisotopic (exact) mass is 408 g/mol. The normalized spacial score (nSPS) is 18.1. The van der Waals surface area contributed by atoms with E-state index in [1.54, 1.807) is 0 Å². The topological polar surface area (TPSA) is 67.4 Å². The van der Waals surface area contributed by atoms with Gasteiger partial charge in [0.05, 0.1) is 0 Å². The molecule has 0 saturated carbocycles. The molecule has 1 aliphatic rings. The fourth-order valence-electron chi connectivity index (χ4n) is 2.62. The number of benzene rings is 1. The summed E-state index contributed by atoms with van der Waals surface area (Å²) in [6.07, 6.45) is -3.57. The molecule has 1 amide bonds. The van der Waals surface area contributed by atoms with Gasteiger partial charge < -0.3 is 15.0 Å².